The first kappa shape index (κ1) is 15.9. The summed E-state index contributed by atoms with van der Waals surface area (Å²) in [5, 5.41) is 2.77. The highest BCUT2D eigenvalue weighted by Gasteiger charge is 2.37. The molecular formula is C13H19N3O4. The number of hydrogen-bond donors (Lipinski definition) is 1. The van der Waals surface area contributed by atoms with Crippen molar-refractivity contribution in [2.24, 2.45) is 4.99 Å². The number of ether oxygens (including phenoxy) is 1. The van der Waals surface area contributed by atoms with Crippen LogP contribution in [0.1, 0.15) is 25.7 Å². The molecule has 1 saturated heterocycles. The van der Waals surface area contributed by atoms with Crippen molar-refractivity contribution in [2.75, 3.05) is 14.2 Å². The molecular weight excluding hydrogens is 262 g/mol. The van der Waals surface area contributed by atoms with Crippen LogP contribution >= 0.6 is 0 Å². The number of carbonyl (C=O) groups excluding carboxylic acids is 3. The lowest BCUT2D eigenvalue weighted by atomic mass is 10.0. The van der Waals surface area contributed by atoms with E-state index in [2.05, 4.69) is 17.0 Å². The summed E-state index contributed by atoms with van der Waals surface area (Å²) >= 11 is 0. The number of nitrogens with one attached hydrogen (secondary N) is 1. The number of rotatable bonds is 6. The van der Waals surface area contributed by atoms with E-state index in [1.54, 1.807) is 13.2 Å². The molecule has 1 heterocycles. The number of esters is 1. The number of imide groups is 1. The van der Waals surface area contributed by atoms with Gasteiger partial charge in [-0.25, -0.2) is 4.79 Å². The Morgan fingerprint density at radius 1 is 1.50 bits per heavy atom. The summed E-state index contributed by atoms with van der Waals surface area (Å²) < 4.78 is 4.69. The first-order chi connectivity index (χ1) is 9.54. The third-order valence-corrected chi connectivity index (χ3v) is 3.02. The summed E-state index contributed by atoms with van der Waals surface area (Å²) in [5.74, 6) is -1.35. The van der Waals surface area contributed by atoms with E-state index in [9.17, 15) is 14.4 Å². The van der Waals surface area contributed by atoms with Crippen LogP contribution < -0.4 is 5.32 Å². The van der Waals surface area contributed by atoms with Crippen LogP contribution in [0.4, 0.5) is 0 Å². The van der Waals surface area contributed by atoms with Gasteiger partial charge >= 0.3 is 5.97 Å². The van der Waals surface area contributed by atoms with E-state index in [-0.39, 0.29) is 31.1 Å². The largest absolute Gasteiger partial charge is 0.467 e. The maximum absolute atomic E-state index is 11.9. The molecule has 20 heavy (non-hydrogen) atoms. The first-order valence-corrected chi connectivity index (χ1v) is 6.30. The predicted molar refractivity (Wildman–Crippen MR) is 72.8 cm³/mol. The van der Waals surface area contributed by atoms with E-state index in [1.165, 1.54) is 7.11 Å². The van der Waals surface area contributed by atoms with E-state index < -0.39 is 12.0 Å². The van der Waals surface area contributed by atoms with Gasteiger partial charge in [0.2, 0.25) is 11.8 Å². The monoisotopic (exact) mass is 281 g/mol. The quantitative estimate of drug-likeness (QED) is 0.427. The summed E-state index contributed by atoms with van der Waals surface area (Å²) in [6.07, 6.45) is 2.66. The van der Waals surface area contributed by atoms with E-state index in [1.807, 2.05) is 0 Å². The smallest absolute Gasteiger partial charge is 0.329 e. The third kappa shape index (κ3) is 3.66. The first-order valence-electron chi connectivity index (χ1n) is 6.30. The number of amides is 2. The normalized spacial score (nSPS) is 17.7. The molecule has 0 aromatic heterocycles. The Kier molecular flexibility index (Phi) is 5.89. The van der Waals surface area contributed by atoms with Crippen molar-refractivity contribution in [1.82, 2.24) is 10.2 Å². The number of aliphatic imine (C=N–C) groups is 1. The summed E-state index contributed by atoms with van der Waals surface area (Å²) in [7, 11) is 2.90. The molecule has 1 unspecified atom stereocenters. The van der Waals surface area contributed by atoms with Gasteiger partial charge in [-0.2, -0.15) is 0 Å². The fourth-order valence-electron chi connectivity index (χ4n) is 2.07. The molecule has 1 rings (SSSR count). The van der Waals surface area contributed by atoms with Gasteiger partial charge in [-0.15, -0.1) is 0 Å². The second-order valence-electron chi connectivity index (χ2n) is 4.34. The van der Waals surface area contributed by atoms with Crippen LogP contribution in [0.15, 0.2) is 16.9 Å². The van der Waals surface area contributed by atoms with Crippen LogP contribution in [-0.2, 0) is 19.1 Å². The number of carbonyl (C=O) groups is 3. The van der Waals surface area contributed by atoms with Crippen molar-refractivity contribution in [3.05, 3.63) is 11.9 Å². The summed E-state index contributed by atoms with van der Waals surface area (Å²) in [6.45, 7) is 3.40. The second-order valence-corrected chi connectivity index (χ2v) is 4.34. The molecule has 1 fully saturated rings. The van der Waals surface area contributed by atoms with Crippen molar-refractivity contribution in [2.45, 2.75) is 31.7 Å². The lowest BCUT2D eigenvalue weighted by molar-refractivity contribution is -0.161. The third-order valence-electron chi connectivity index (χ3n) is 3.02. The summed E-state index contributed by atoms with van der Waals surface area (Å²) in [5.41, 5.74) is 0.467. The zero-order chi connectivity index (χ0) is 15.1. The van der Waals surface area contributed by atoms with Gasteiger partial charge in [-0.05, 0) is 13.1 Å². The van der Waals surface area contributed by atoms with Gasteiger partial charge < -0.3 is 10.1 Å². The molecule has 0 spiro atoms. The van der Waals surface area contributed by atoms with E-state index in [0.29, 0.717) is 12.1 Å². The minimum Gasteiger partial charge on any atom is -0.467 e. The fraction of sp³-hybridized carbons (Fsp3) is 0.538. The van der Waals surface area contributed by atoms with Gasteiger partial charge in [-0.1, -0.05) is 0 Å². The molecule has 110 valence electrons. The molecule has 2 amide bonds. The SMILES string of the molecule is C=N/C(=C\NC)CC(C(=O)OC)N1C(=O)CCCC1=O. The fourth-order valence-corrected chi connectivity index (χ4v) is 2.07. The van der Waals surface area contributed by atoms with Crippen molar-refractivity contribution in [3.63, 3.8) is 0 Å². The second kappa shape index (κ2) is 7.42. The molecule has 7 heteroatoms. The Morgan fingerprint density at radius 3 is 2.55 bits per heavy atom. The van der Waals surface area contributed by atoms with Gasteiger partial charge in [0.1, 0.15) is 6.04 Å². The van der Waals surface area contributed by atoms with Gasteiger partial charge in [0, 0.05) is 32.5 Å². The maximum atomic E-state index is 11.9. The van der Waals surface area contributed by atoms with Crippen LogP contribution in [0.5, 0.6) is 0 Å². The van der Waals surface area contributed by atoms with Crippen LogP contribution in [0.2, 0.25) is 0 Å². The average molecular weight is 281 g/mol. The van der Waals surface area contributed by atoms with Gasteiger partial charge in [0.25, 0.3) is 0 Å². The minimum absolute atomic E-state index is 0.0779. The molecule has 0 bridgehead atoms. The number of hydrogen-bond acceptors (Lipinski definition) is 6. The molecule has 0 radical (unpaired) electrons. The summed E-state index contributed by atoms with van der Waals surface area (Å²) in [4.78, 5) is 40.5. The lowest BCUT2D eigenvalue weighted by Crippen LogP contribution is -2.51. The Labute approximate surface area is 117 Å². The molecule has 0 aliphatic carbocycles. The Bertz CT molecular complexity index is 429. The average Bonchev–Trinajstić information content (AvgIpc) is 2.44. The van der Waals surface area contributed by atoms with Gasteiger partial charge in [0.05, 0.1) is 12.8 Å². The van der Waals surface area contributed by atoms with E-state index >= 15 is 0 Å². The minimum atomic E-state index is -0.995. The maximum Gasteiger partial charge on any atom is 0.329 e. The number of methoxy groups -OCH3 is 1. The molecule has 1 aliphatic heterocycles. The lowest BCUT2D eigenvalue weighted by Gasteiger charge is -2.31. The molecule has 1 N–H and O–H groups in total. The van der Waals surface area contributed by atoms with Crippen molar-refractivity contribution in [3.8, 4) is 0 Å². The van der Waals surface area contributed by atoms with E-state index in [4.69, 9.17) is 4.74 Å². The molecule has 0 aromatic rings. The Morgan fingerprint density at radius 2 is 2.10 bits per heavy atom. The zero-order valence-electron chi connectivity index (χ0n) is 11.7. The highest BCUT2D eigenvalue weighted by molar-refractivity contribution is 6.01. The van der Waals surface area contributed by atoms with Crippen molar-refractivity contribution >= 4 is 24.5 Å². The molecule has 0 saturated carbocycles. The van der Waals surface area contributed by atoms with Crippen LogP contribution in [0.25, 0.3) is 0 Å². The standard InChI is InChI=1S/C13H19N3O4/c1-14-8-9(15-2)7-10(13(19)20-3)16-11(17)5-4-6-12(16)18/h8,10,14H,2,4-7H2,1,3H3/b9-8-. The molecule has 0 aromatic carbocycles. The summed E-state index contributed by atoms with van der Waals surface area (Å²) in [6, 6.07) is -0.995. The van der Waals surface area contributed by atoms with Crippen molar-refractivity contribution in [1.29, 1.82) is 0 Å². The number of likely N-dealkylation sites (tertiary alicyclic amines) is 1. The highest BCUT2D eigenvalue weighted by atomic mass is 16.5. The number of nitrogens with zero attached hydrogens (tertiary/aromatic N) is 2. The van der Waals surface area contributed by atoms with Crippen LogP contribution in [0, 0.1) is 0 Å². The molecule has 7 nitrogen and oxygen atoms in total. The number of piperidine rings is 1. The van der Waals surface area contributed by atoms with Crippen LogP contribution in [-0.4, -0.2) is 49.6 Å². The van der Waals surface area contributed by atoms with Crippen molar-refractivity contribution < 1.29 is 19.1 Å². The van der Waals surface area contributed by atoms with Crippen LogP contribution in [0.3, 0.4) is 0 Å². The highest BCUT2D eigenvalue weighted by Crippen LogP contribution is 2.21. The zero-order valence-corrected chi connectivity index (χ0v) is 11.7. The van der Waals surface area contributed by atoms with Gasteiger partial charge in [-0.3, -0.25) is 19.5 Å². The van der Waals surface area contributed by atoms with E-state index in [0.717, 1.165) is 4.90 Å². The Balaban J connectivity index is 3.02. The topological polar surface area (TPSA) is 88.1 Å². The predicted octanol–water partition coefficient (Wildman–Crippen LogP) is 0.219. The van der Waals surface area contributed by atoms with Gasteiger partial charge in [0.15, 0.2) is 0 Å². The molecule has 1 aliphatic rings. The molecule has 1 atom stereocenters. The Hall–Kier alpha value is -2.18.